The molecule has 1 aromatic heterocycles. The molecule has 1 heterocycles. The third-order valence-corrected chi connectivity index (χ3v) is 2.16. The van der Waals surface area contributed by atoms with Crippen LogP contribution in [0.4, 0.5) is 4.39 Å². The molecule has 1 aromatic carbocycles. The van der Waals surface area contributed by atoms with Crippen LogP contribution in [0.3, 0.4) is 0 Å². The maximum atomic E-state index is 13.3. The molecule has 0 aliphatic heterocycles. The zero-order valence-corrected chi connectivity index (χ0v) is 8.29. The summed E-state index contributed by atoms with van der Waals surface area (Å²) in [6, 6.07) is 6.94. The van der Waals surface area contributed by atoms with Gasteiger partial charge in [0, 0.05) is 5.02 Å². The summed E-state index contributed by atoms with van der Waals surface area (Å²) in [7, 11) is 0. The van der Waals surface area contributed by atoms with Crippen LogP contribution >= 0.6 is 11.6 Å². The molecule has 0 saturated carbocycles. The van der Waals surface area contributed by atoms with E-state index in [9.17, 15) is 9.18 Å². The first-order valence-corrected chi connectivity index (χ1v) is 4.59. The van der Waals surface area contributed by atoms with Crippen LogP contribution in [0, 0.1) is 5.82 Å². The Morgan fingerprint density at radius 1 is 1.33 bits per heavy atom. The van der Waals surface area contributed by atoms with E-state index in [-0.39, 0.29) is 16.3 Å². The summed E-state index contributed by atoms with van der Waals surface area (Å²) >= 11 is 5.57. The monoisotopic (exact) mass is 224 g/mol. The number of benzene rings is 1. The smallest absolute Gasteiger partial charge is 0.231 e. The molecule has 0 aliphatic rings. The molecule has 2 rings (SSSR count). The Kier molecular flexibility index (Phi) is 2.56. The summed E-state index contributed by atoms with van der Waals surface area (Å²) in [6.07, 6.45) is 1.36. The minimum atomic E-state index is -0.649. The minimum absolute atomic E-state index is 0.0469. The van der Waals surface area contributed by atoms with Gasteiger partial charge in [-0.3, -0.25) is 4.79 Å². The van der Waals surface area contributed by atoms with Crippen LogP contribution in [0.2, 0.25) is 5.02 Å². The lowest BCUT2D eigenvalue weighted by molar-refractivity contribution is 0.101. The molecule has 15 heavy (non-hydrogen) atoms. The Morgan fingerprint density at radius 3 is 2.73 bits per heavy atom. The molecule has 0 fully saturated rings. The average molecular weight is 225 g/mol. The fourth-order valence-electron chi connectivity index (χ4n) is 1.21. The fourth-order valence-corrected chi connectivity index (χ4v) is 1.37. The molecule has 0 amide bonds. The summed E-state index contributed by atoms with van der Waals surface area (Å²) in [5, 5.41) is 0.253. The molecule has 0 spiro atoms. The van der Waals surface area contributed by atoms with Crippen LogP contribution < -0.4 is 0 Å². The van der Waals surface area contributed by atoms with Gasteiger partial charge < -0.3 is 4.42 Å². The Balaban J connectivity index is 2.42. The van der Waals surface area contributed by atoms with E-state index in [1.807, 2.05) is 0 Å². The third-order valence-electron chi connectivity index (χ3n) is 1.92. The van der Waals surface area contributed by atoms with Gasteiger partial charge in [-0.05, 0) is 30.3 Å². The Labute approximate surface area is 90.3 Å². The maximum absolute atomic E-state index is 13.3. The van der Waals surface area contributed by atoms with Crippen LogP contribution in [0.1, 0.15) is 16.1 Å². The highest BCUT2D eigenvalue weighted by Crippen LogP contribution is 2.18. The van der Waals surface area contributed by atoms with E-state index in [2.05, 4.69) is 0 Å². The molecule has 0 saturated heterocycles. The standard InChI is InChI=1S/C11H6ClFO2/c12-7-3-4-8(9(13)6-7)11(14)10-2-1-5-15-10/h1-6H. The van der Waals surface area contributed by atoms with E-state index in [0.29, 0.717) is 0 Å². The second-order valence-electron chi connectivity index (χ2n) is 2.93. The molecule has 0 aliphatic carbocycles. The Bertz CT molecular complexity index is 491. The average Bonchev–Trinajstić information content (AvgIpc) is 2.69. The second-order valence-corrected chi connectivity index (χ2v) is 3.37. The Hall–Kier alpha value is -1.61. The normalized spacial score (nSPS) is 10.3. The van der Waals surface area contributed by atoms with Crippen molar-refractivity contribution >= 4 is 17.4 Å². The fraction of sp³-hybridized carbons (Fsp3) is 0. The van der Waals surface area contributed by atoms with E-state index < -0.39 is 11.6 Å². The quantitative estimate of drug-likeness (QED) is 0.733. The highest BCUT2D eigenvalue weighted by molar-refractivity contribution is 6.30. The first-order valence-electron chi connectivity index (χ1n) is 4.22. The molecule has 2 aromatic rings. The Morgan fingerprint density at radius 2 is 2.13 bits per heavy atom. The van der Waals surface area contributed by atoms with E-state index in [1.54, 1.807) is 6.07 Å². The van der Waals surface area contributed by atoms with Gasteiger partial charge in [0.25, 0.3) is 0 Å². The highest BCUT2D eigenvalue weighted by atomic mass is 35.5. The van der Waals surface area contributed by atoms with Gasteiger partial charge >= 0.3 is 0 Å². The molecule has 0 N–H and O–H groups in total. The van der Waals surface area contributed by atoms with Crippen molar-refractivity contribution in [2.75, 3.05) is 0 Å². The number of carbonyl (C=O) groups is 1. The zero-order chi connectivity index (χ0) is 10.8. The number of furan rings is 1. The molecule has 4 heteroatoms. The second kappa shape index (κ2) is 3.87. The molecular weight excluding hydrogens is 219 g/mol. The largest absolute Gasteiger partial charge is 0.461 e. The third kappa shape index (κ3) is 1.92. The molecule has 0 unspecified atom stereocenters. The minimum Gasteiger partial charge on any atom is -0.461 e. The van der Waals surface area contributed by atoms with Crippen molar-refractivity contribution in [3.63, 3.8) is 0 Å². The molecule has 2 nitrogen and oxygen atoms in total. The van der Waals surface area contributed by atoms with Crippen molar-refractivity contribution in [1.29, 1.82) is 0 Å². The topological polar surface area (TPSA) is 30.2 Å². The van der Waals surface area contributed by atoms with Gasteiger partial charge in [0.05, 0.1) is 11.8 Å². The van der Waals surface area contributed by atoms with Crippen molar-refractivity contribution < 1.29 is 13.6 Å². The molecular formula is C11H6ClFO2. The van der Waals surface area contributed by atoms with Crippen molar-refractivity contribution in [2.45, 2.75) is 0 Å². The predicted octanol–water partition coefficient (Wildman–Crippen LogP) is 3.30. The molecule has 0 bridgehead atoms. The summed E-state index contributed by atoms with van der Waals surface area (Å²) in [5.74, 6) is -1.03. The van der Waals surface area contributed by atoms with E-state index in [0.717, 1.165) is 6.07 Å². The number of halogens is 2. The summed E-state index contributed by atoms with van der Waals surface area (Å²) in [4.78, 5) is 11.7. The van der Waals surface area contributed by atoms with Crippen molar-refractivity contribution in [1.82, 2.24) is 0 Å². The lowest BCUT2D eigenvalue weighted by Crippen LogP contribution is -2.02. The molecule has 0 atom stereocenters. The van der Waals surface area contributed by atoms with Gasteiger partial charge in [0.1, 0.15) is 5.82 Å². The van der Waals surface area contributed by atoms with Crippen LogP contribution in [-0.2, 0) is 0 Å². The van der Waals surface area contributed by atoms with Crippen molar-refractivity contribution in [3.05, 3.63) is 58.8 Å². The van der Waals surface area contributed by atoms with Gasteiger partial charge in [-0.15, -0.1) is 0 Å². The number of hydrogen-bond acceptors (Lipinski definition) is 2. The van der Waals surface area contributed by atoms with E-state index in [4.69, 9.17) is 16.0 Å². The van der Waals surface area contributed by atoms with E-state index >= 15 is 0 Å². The first-order chi connectivity index (χ1) is 7.18. The lowest BCUT2D eigenvalue weighted by atomic mass is 10.1. The van der Waals surface area contributed by atoms with E-state index in [1.165, 1.54) is 24.5 Å². The highest BCUT2D eigenvalue weighted by Gasteiger charge is 2.16. The first kappa shape index (κ1) is 9.93. The number of rotatable bonds is 2. The summed E-state index contributed by atoms with van der Waals surface area (Å²) in [5.41, 5.74) is -0.0469. The van der Waals surface area contributed by atoms with Crippen LogP contribution in [-0.4, -0.2) is 5.78 Å². The van der Waals surface area contributed by atoms with Gasteiger partial charge in [-0.25, -0.2) is 4.39 Å². The maximum Gasteiger partial charge on any atom is 0.231 e. The van der Waals surface area contributed by atoms with Gasteiger partial charge in [0.15, 0.2) is 5.76 Å². The van der Waals surface area contributed by atoms with Crippen molar-refractivity contribution in [3.8, 4) is 0 Å². The zero-order valence-electron chi connectivity index (χ0n) is 7.54. The van der Waals surface area contributed by atoms with Crippen LogP contribution in [0.25, 0.3) is 0 Å². The number of ketones is 1. The van der Waals surface area contributed by atoms with Crippen molar-refractivity contribution in [2.24, 2.45) is 0 Å². The number of hydrogen-bond donors (Lipinski definition) is 0. The molecule has 0 radical (unpaired) electrons. The number of carbonyl (C=O) groups excluding carboxylic acids is 1. The van der Waals surface area contributed by atoms with Crippen LogP contribution in [0.15, 0.2) is 41.0 Å². The van der Waals surface area contributed by atoms with Gasteiger partial charge in [-0.1, -0.05) is 11.6 Å². The lowest BCUT2D eigenvalue weighted by Gasteiger charge is -1.99. The van der Waals surface area contributed by atoms with Gasteiger partial charge in [-0.2, -0.15) is 0 Å². The van der Waals surface area contributed by atoms with Crippen LogP contribution in [0.5, 0.6) is 0 Å². The van der Waals surface area contributed by atoms with Gasteiger partial charge in [0.2, 0.25) is 5.78 Å². The predicted molar refractivity (Wildman–Crippen MR) is 53.6 cm³/mol. The summed E-state index contributed by atoms with van der Waals surface area (Å²) < 4.78 is 18.2. The SMILES string of the molecule is O=C(c1ccco1)c1ccc(Cl)cc1F. The summed E-state index contributed by atoms with van der Waals surface area (Å²) in [6.45, 7) is 0. The molecule has 76 valence electrons.